The van der Waals surface area contributed by atoms with Crippen molar-refractivity contribution in [3.05, 3.63) is 22.5 Å². The molecule has 1 fully saturated rings. The Labute approximate surface area is 167 Å². The van der Waals surface area contributed by atoms with Crippen LogP contribution in [-0.4, -0.2) is 42.6 Å². The van der Waals surface area contributed by atoms with Crippen LogP contribution in [0.15, 0.2) is 10.5 Å². The van der Waals surface area contributed by atoms with Crippen LogP contribution in [0.1, 0.15) is 43.6 Å². The molecule has 4 rings (SSSR count). The number of benzene rings is 1. The van der Waals surface area contributed by atoms with E-state index in [1.165, 1.54) is 7.11 Å². The predicted octanol–water partition coefficient (Wildman–Crippen LogP) is 3.38. The number of anilines is 1. The molecule has 1 aromatic heterocycles. The van der Waals surface area contributed by atoms with Crippen molar-refractivity contribution in [3.63, 3.8) is 0 Å². The zero-order valence-electron chi connectivity index (χ0n) is 15.9. The summed E-state index contributed by atoms with van der Waals surface area (Å²) in [4.78, 5) is 30.1. The summed E-state index contributed by atoms with van der Waals surface area (Å²) in [5.41, 5.74) is 2.27. The minimum Gasteiger partial charge on any atom is -0.468 e. The van der Waals surface area contributed by atoms with Crippen molar-refractivity contribution in [2.75, 3.05) is 26.0 Å². The number of oxazole rings is 1. The van der Waals surface area contributed by atoms with E-state index in [1.54, 1.807) is 18.0 Å². The maximum atomic E-state index is 12.3. The van der Waals surface area contributed by atoms with Crippen LogP contribution in [0.25, 0.3) is 11.1 Å². The Morgan fingerprint density at radius 2 is 2.14 bits per heavy atom. The number of urea groups is 1. The second-order valence-electron chi connectivity index (χ2n) is 7.53. The number of nitrogens with one attached hydrogen (secondary N) is 2. The Hall–Kier alpha value is -2.32. The van der Waals surface area contributed by atoms with Crippen molar-refractivity contribution < 1.29 is 18.7 Å². The number of halogens is 1. The van der Waals surface area contributed by atoms with Crippen LogP contribution in [-0.2, 0) is 21.6 Å². The Balaban J connectivity index is 1.77. The molecule has 1 aliphatic heterocycles. The number of esters is 1. The fourth-order valence-corrected chi connectivity index (χ4v) is 4.50. The molecule has 28 heavy (non-hydrogen) atoms. The standard InChI is InChI=1S/C19H23ClN4O4/c1-24(10-14(25)27-2)9-13-21-12-8-11(20)16-15(17(12)28-13)19(23-18(26)22-16)6-4-3-5-7-19/h8H,3-7,9-10H2,1-2H3,(H2,22,23,26). The Kier molecular flexibility index (Phi) is 4.93. The zero-order valence-corrected chi connectivity index (χ0v) is 16.7. The molecule has 2 aliphatic rings. The SMILES string of the molecule is COC(=O)CN(C)Cc1nc2cc(Cl)c3c(c2o1)C1(CCCCC1)NC(=O)N3. The van der Waals surface area contributed by atoms with Gasteiger partial charge >= 0.3 is 12.0 Å². The average Bonchev–Trinajstić information content (AvgIpc) is 3.03. The molecule has 0 saturated heterocycles. The van der Waals surface area contributed by atoms with Crippen LogP contribution in [0.4, 0.5) is 10.5 Å². The maximum Gasteiger partial charge on any atom is 0.319 e. The van der Waals surface area contributed by atoms with Gasteiger partial charge in [-0.25, -0.2) is 9.78 Å². The number of aromatic nitrogens is 1. The first-order chi connectivity index (χ1) is 13.4. The molecule has 1 saturated carbocycles. The van der Waals surface area contributed by atoms with Gasteiger partial charge in [0.1, 0.15) is 5.52 Å². The van der Waals surface area contributed by atoms with Gasteiger partial charge in [0.15, 0.2) is 5.58 Å². The summed E-state index contributed by atoms with van der Waals surface area (Å²) in [7, 11) is 3.15. The molecule has 0 unspecified atom stereocenters. The van der Waals surface area contributed by atoms with Gasteiger partial charge in [-0.1, -0.05) is 30.9 Å². The maximum absolute atomic E-state index is 12.3. The summed E-state index contributed by atoms with van der Waals surface area (Å²) in [5.74, 6) is 0.154. The highest BCUT2D eigenvalue weighted by Crippen LogP contribution is 2.48. The Morgan fingerprint density at radius 1 is 1.39 bits per heavy atom. The van der Waals surface area contributed by atoms with Crippen LogP contribution in [0.5, 0.6) is 0 Å². The van der Waals surface area contributed by atoms with Crippen LogP contribution >= 0.6 is 11.6 Å². The number of hydrogen-bond acceptors (Lipinski definition) is 6. The first kappa shape index (κ1) is 19.0. The van der Waals surface area contributed by atoms with E-state index in [1.807, 2.05) is 0 Å². The van der Waals surface area contributed by atoms with E-state index in [4.69, 9.17) is 20.8 Å². The summed E-state index contributed by atoms with van der Waals surface area (Å²) in [5, 5.41) is 6.41. The van der Waals surface area contributed by atoms with Crippen LogP contribution in [0.3, 0.4) is 0 Å². The van der Waals surface area contributed by atoms with E-state index >= 15 is 0 Å². The van der Waals surface area contributed by atoms with Crippen LogP contribution in [0, 0.1) is 0 Å². The lowest BCUT2D eigenvalue weighted by Crippen LogP contribution is -2.52. The van der Waals surface area contributed by atoms with Crippen molar-refractivity contribution in [2.45, 2.75) is 44.2 Å². The molecular weight excluding hydrogens is 384 g/mol. The molecular formula is C19H23ClN4O4. The second-order valence-corrected chi connectivity index (χ2v) is 7.94. The molecule has 2 heterocycles. The molecule has 2 aromatic rings. The van der Waals surface area contributed by atoms with E-state index in [2.05, 4.69) is 15.6 Å². The first-order valence-corrected chi connectivity index (χ1v) is 9.76. The van der Waals surface area contributed by atoms with Gasteiger partial charge in [-0.15, -0.1) is 0 Å². The number of likely N-dealkylation sites (N-methyl/N-ethyl adjacent to an activating group) is 1. The lowest BCUT2D eigenvalue weighted by atomic mass is 9.74. The average molecular weight is 407 g/mol. The number of rotatable bonds is 4. The topological polar surface area (TPSA) is 96.7 Å². The molecule has 0 atom stereocenters. The van der Waals surface area contributed by atoms with Gasteiger partial charge < -0.3 is 19.8 Å². The molecule has 2 N–H and O–H groups in total. The predicted molar refractivity (Wildman–Crippen MR) is 104 cm³/mol. The van der Waals surface area contributed by atoms with Gasteiger partial charge in [-0.2, -0.15) is 0 Å². The Bertz CT molecular complexity index is 936. The van der Waals surface area contributed by atoms with Crippen molar-refractivity contribution in [1.29, 1.82) is 0 Å². The fourth-order valence-electron chi connectivity index (χ4n) is 4.25. The van der Waals surface area contributed by atoms with Crippen LogP contribution < -0.4 is 10.6 Å². The minimum atomic E-state index is -0.492. The highest BCUT2D eigenvalue weighted by atomic mass is 35.5. The molecule has 150 valence electrons. The number of nitrogens with zero attached hydrogens (tertiary/aromatic N) is 2. The highest BCUT2D eigenvalue weighted by molar-refractivity contribution is 6.35. The van der Waals surface area contributed by atoms with Gasteiger partial charge in [0.05, 0.1) is 36.4 Å². The smallest absolute Gasteiger partial charge is 0.319 e. The van der Waals surface area contributed by atoms with Gasteiger partial charge in [-0.3, -0.25) is 9.69 Å². The van der Waals surface area contributed by atoms with E-state index in [9.17, 15) is 9.59 Å². The summed E-state index contributed by atoms with van der Waals surface area (Å²) in [6.07, 6.45) is 4.86. The number of hydrogen-bond donors (Lipinski definition) is 2. The van der Waals surface area contributed by atoms with Gasteiger partial charge in [0, 0.05) is 5.56 Å². The third kappa shape index (κ3) is 3.31. The normalized spacial score (nSPS) is 18.1. The fraction of sp³-hybridized carbons (Fsp3) is 0.526. The van der Waals surface area contributed by atoms with E-state index in [0.29, 0.717) is 34.2 Å². The number of methoxy groups -OCH3 is 1. The van der Waals surface area contributed by atoms with Crippen molar-refractivity contribution in [3.8, 4) is 0 Å². The number of fused-ring (bicyclic) bond motifs is 4. The zero-order chi connectivity index (χ0) is 19.9. The van der Waals surface area contributed by atoms with Gasteiger partial charge in [0.25, 0.3) is 0 Å². The molecule has 1 aromatic carbocycles. The van der Waals surface area contributed by atoms with Crippen molar-refractivity contribution in [1.82, 2.24) is 15.2 Å². The minimum absolute atomic E-state index is 0.135. The summed E-state index contributed by atoms with van der Waals surface area (Å²) in [6, 6.07) is 1.47. The van der Waals surface area contributed by atoms with Crippen LogP contribution in [0.2, 0.25) is 5.02 Å². The lowest BCUT2D eigenvalue weighted by Gasteiger charge is -2.42. The molecule has 1 spiro atoms. The quantitative estimate of drug-likeness (QED) is 0.755. The number of carbonyl (C=O) groups is 2. The third-order valence-corrected chi connectivity index (χ3v) is 5.78. The van der Waals surface area contributed by atoms with Gasteiger partial charge in [0.2, 0.25) is 5.89 Å². The van der Waals surface area contributed by atoms with E-state index in [-0.39, 0.29) is 18.5 Å². The first-order valence-electron chi connectivity index (χ1n) is 9.39. The molecule has 8 nitrogen and oxygen atoms in total. The van der Waals surface area contributed by atoms with E-state index < -0.39 is 5.54 Å². The molecule has 1 aliphatic carbocycles. The molecule has 0 bridgehead atoms. The highest BCUT2D eigenvalue weighted by Gasteiger charge is 2.44. The monoisotopic (exact) mass is 406 g/mol. The number of carbonyl (C=O) groups excluding carboxylic acids is 2. The second kappa shape index (κ2) is 7.25. The van der Waals surface area contributed by atoms with Gasteiger partial charge in [-0.05, 0) is 26.0 Å². The molecule has 2 amide bonds. The summed E-state index contributed by atoms with van der Waals surface area (Å²) < 4.78 is 10.8. The summed E-state index contributed by atoms with van der Waals surface area (Å²) in [6.45, 7) is 0.485. The summed E-state index contributed by atoms with van der Waals surface area (Å²) >= 11 is 6.50. The van der Waals surface area contributed by atoms with Crippen molar-refractivity contribution >= 4 is 40.4 Å². The third-order valence-electron chi connectivity index (χ3n) is 5.49. The molecule has 9 heteroatoms. The lowest BCUT2D eigenvalue weighted by molar-refractivity contribution is -0.141. The molecule has 0 radical (unpaired) electrons. The van der Waals surface area contributed by atoms with Crippen molar-refractivity contribution in [2.24, 2.45) is 0 Å². The number of ether oxygens (including phenoxy) is 1. The largest absolute Gasteiger partial charge is 0.468 e. The Morgan fingerprint density at radius 3 is 2.86 bits per heavy atom. The van der Waals surface area contributed by atoms with E-state index in [0.717, 1.165) is 37.7 Å². The number of amides is 2.